The van der Waals surface area contributed by atoms with Crippen LogP contribution in [0.3, 0.4) is 0 Å². The van der Waals surface area contributed by atoms with Crippen LogP contribution in [-0.2, 0) is 15.4 Å². The monoisotopic (exact) mass is 313 g/mol. The molecule has 0 heterocycles. The fourth-order valence-electron chi connectivity index (χ4n) is 1.98. The third-order valence-corrected chi connectivity index (χ3v) is 4.73. The average Bonchev–Trinajstić information content (AvgIpc) is 2.47. The van der Waals surface area contributed by atoms with Crippen LogP contribution in [0.25, 0.3) is 0 Å². The van der Waals surface area contributed by atoms with Gasteiger partial charge >= 0.3 is 0 Å². The van der Waals surface area contributed by atoms with Crippen LogP contribution in [0.5, 0.6) is 0 Å². The molecule has 0 saturated carbocycles. The molecule has 2 aromatic carbocycles. The second-order valence-corrected chi connectivity index (χ2v) is 7.78. The van der Waals surface area contributed by atoms with Gasteiger partial charge in [-0.05, 0) is 47.4 Å². The third kappa shape index (κ3) is 3.69. The van der Waals surface area contributed by atoms with Gasteiger partial charge in [0.25, 0.3) is 10.0 Å². The lowest BCUT2D eigenvalue weighted by Crippen LogP contribution is -2.14. The highest BCUT2D eigenvalue weighted by Gasteiger charge is 2.17. The van der Waals surface area contributed by atoms with E-state index >= 15 is 0 Å². The molecule has 0 saturated heterocycles. The summed E-state index contributed by atoms with van der Waals surface area (Å²) in [5, 5.41) is 0. The molecule has 0 spiro atoms. The van der Waals surface area contributed by atoms with E-state index in [1.807, 2.05) is 12.1 Å². The lowest BCUT2D eigenvalue weighted by atomic mass is 9.87. The molecule has 3 nitrogen and oxygen atoms in total. The summed E-state index contributed by atoms with van der Waals surface area (Å²) in [4.78, 5) is 0.238. The molecular formula is C18H19NO2S. The Morgan fingerprint density at radius 1 is 0.955 bits per heavy atom. The molecule has 0 unspecified atom stereocenters. The summed E-state index contributed by atoms with van der Waals surface area (Å²) < 4.78 is 27.3. The Morgan fingerprint density at radius 2 is 1.50 bits per heavy atom. The van der Waals surface area contributed by atoms with E-state index in [1.165, 1.54) is 0 Å². The van der Waals surface area contributed by atoms with Crippen molar-refractivity contribution in [2.24, 2.45) is 0 Å². The molecule has 1 N–H and O–H groups in total. The van der Waals surface area contributed by atoms with Crippen molar-refractivity contribution in [1.29, 1.82) is 0 Å². The van der Waals surface area contributed by atoms with Crippen molar-refractivity contribution in [1.82, 2.24) is 0 Å². The second kappa shape index (κ2) is 5.86. The molecule has 0 radical (unpaired) electrons. The maximum absolute atomic E-state index is 12.4. The zero-order valence-electron chi connectivity index (χ0n) is 12.9. The third-order valence-electron chi connectivity index (χ3n) is 3.33. The van der Waals surface area contributed by atoms with Crippen molar-refractivity contribution in [3.63, 3.8) is 0 Å². The number of hydrogen-bond acceptors (Lipinski definition) is 2. The molecule has 0 bridgehead atoms. The van der Waals surface area contributed by atoms with Gasteiger partial charge in [0.05, 0.1) is 4.90 Å². The van der Waals surface area contributed by atoms with Crippen LogP contribution in [-0.4, -0.2) is 8.42 Å². The van der Waals surface area contributed by atoms with E-state index in [-0.39, 0.29) is 10.3 Å². The summed E-state index contributed by atoms with van der Waals surface area (Å²) >= 11 is 0. The molecule has 0 aliphatic heterocycles. The summed E-state index contributed by atoms with van der Waals surface area (Å²) in [5.41, 5.74) is 2.27. The molecule has 2 aromatic rings. The fourth-order valence-corrected chi connectivity index (χ4v) is 3.04. The van der Waals surface area contributed by atoms with Crippen molar-refractivity contribution in [3.05, 3.63) is 59.7 Å². The number of terminal acetylenes is 1. The Balaban J connectivity index is 2.24. The van der Waals surface area contributed by atoms with Gasteiger partial charge in [-0.2, -0.15) is 0 Å². The first-order valence-electron chi connectivity index (χ1n) is 6.92. The average molecular weight is 313 g/mol. The highest BCUT2D eigenvalue weighted by Crippen LogP contribution is 2.24. The van der Waals surface area contributed by atoms with Crippen LogP contribution < -0.4 is 4.72 Å². The van der Waals surface area contributed by atoms with E-state index in [0.717, 1.165) is 5.56 Å². The number of hydrogen-bond donors (Lipinski definition) is 1. The summed E-state index contributed by atoms with van der Waals surface area (Å²) in [6, 6.07) is 13.6. The molecule has 0 aliphatic carbocycles. The molecule has 0 aromatic heterocycles. The highest BCUT2D eigenvalue weighted by molar-refractivity contribution is 7.92. The predicted molar refractivity (Wildman–Crippen MR) is 90.3 cm³/mol. The first-order chi connectivity index (χ1) is 10.2. The summed E-state index contributed by atoms with van der Waals surface area (Å²) in [7, 11) is -3.60. The Bertz CT molecular complexity index is 790. The molecule has 0 amide bonds. The minimum atomic E-state index is -3.60. The van der Waals surface area contributed by atoms with Crippen LogP contribution >= 0.6 is 0 Å². The number of rotatable bonds is 3. The summed E-state index contributed by atoms with van der Waals surface area (Å²) in [5.74, 6) is 2.49. The first kappa shape index (κ1) is 16.1. The van der Waals surface area contributed by atoms with Crippen molar-refractivity contribution in [3.8, 4) is 12.3 Å². The van der Waals surface area contributed by atoms with Gasteiger partial charge in [0.15, 0.2) is 0 Å². The SMILES string of the molecule is C#Cc1ccc(NS(=O)(=O)c2ccc(C(C)(C)C)cc2)cc1. The highest BCUT2D eigenvalue weighted by atomic mass is 32.2. The van der Waals surface area contributed by atoms with E-state index in [1.54, 1.807) is 36.4 Å². The topological polar surface area (TPSA) is 46.2 Å². The number of benzene rings is 2. The minimum Gasteiger partial charge on any atom is -0.280 e. The Hall–Kier alpha value is -2.25. The van der Waals surface area contributed by atoms with Gasteiger partial charge in [0.2, 0.25) is 0 Å². The Kier molecular flexibility index (Phi) is 4.30. The molecule has 0 atom stereocenters. The van der Waals surface area contributed by atoms with Gasteiger partial charge in [-0.3, -0.25) is 4.72 Å². The Labute approximate surface area is 132 Å². The van der Waals surface area contributed by atoms with Crippen LogP contribution in [0.15, 0.2) is 53.4 Å². The van der Waals surface area contributed by atoms with Crippen LogP contribution in [0, 0.1) is 12.3 Å². The van der Waals surface area contributed by atoms with Crippen molar-refractivity contribution in [2.75, 3.05) is 4.72 Å². The van der Waals surface area contributed by atoms with E-state index in [4.69, 9.17) is 6.42 Å². The molecule has 22 heavy (non-hydrogen) atoms. The van der Waals surface area contributed by atoms with E-state index in [9.17, 15) is 8.42 Å². The summed E-state index contributed by atoms with van der Waals surface area (Å²) in [6.45, 7) is 6.26. The fraction of sp³-hybridized carbons (Fsp3) is 0.222. The zero-order chi connectivity index (χ0) is 16.4. The van der Waals surface area contributed by atoms with E-state index < -0.39 is 10.0 Å². The number of sulfonamides is 1. The minimum absolute atomic E-state index is 0.0131. The second-order valence-electron chi connectivity index (χ2n) is 6.10. The molecule has 0 fully saturated rings. The number of anilines is 1. The molecular weight excluding hydrogens is 294 g/mol. The first-order valence-corrected chi connectivity index (χ1v) is 8.41. The lowest BCUT2D eigenvalue weighted by Gasteiger charge is -2.19. The number of nitrogens with one attached hydrogen (secondary N) is 1. The largest absolute Gasteiger partial charge is 0.280 e. The van der Waals surface area contributed by atoms with Crippen molar-refractivity contribution in [2.45, 2.75) is 31.1 Å². The van der Waals surface area contributed by atoms with Gasteiger partial charge in [0, 0.05) is 11.3 Å². The van der Waals surface area contributed by atoms with Gasteiger partial charge in [-0.15, -0.1) is 6.42 Å². The maximum atomic E-state index is 12.4. The molecule has 114 valence electrons. The molecule has 4 heteroatoms. The van der Waals surface area contributed by atoms with Crippen LogP contribution in [0.1, 0.15) is 31.9 Å². The maximum Gasteiger partial charge on any atom is 0.261 e. The van der Waals surface area contributed by atoms with Crippen molar-refractivity contribution >= 4 is 15.7 Å². The van der Waals surface area contributed by atoms with E-state index in [0.29, 0.717) is 11.3 Å². The lowest BCUT2D eigenvalue weighted by molar-refractivity contribution is 0.587. The predicted octanol–water partition coefficient (Wildman–Crippen LogP) is 3.77. The van der Waals surface area contributed by atoms with Gasteiger partial charge in [0.1, 0.15) is 0 Å². The smallest absolute Gasteiger partial charge is 0.261 e. The zero-order valence-corrected chi connectivity index (χ0v) is 13.7. The quantitative estimate of drug-likeness (QED) is 0.877. The van der Waals surface area contributed by atoms with Gasteiger partial charge in [-0.1, -0.05) is 38.8 Å². The molecule has 2 rings (SSSR count). The van der Waals surface area contributed by atoms with Gasteiger partial charge in [-0.25, -0.2) is 8.42 Å². The van der Waals surface area contributed by atoms with Gasteiger partial charge < -0.3 is 0 Å². The standard InChI is InChI=1S/C18H19NO2S/c1-5-14-6-10-16(11-7-14)19-22(20,21)17-12-8-15(9-13-17)18(2,3)4/h1,6-13,19H,2-4H3. The molecule has 0 aliphatic rings. The van der Waals surface area contributed by atoms with E-state index in [2.05, 4.69) is 31.4 Å². The Morgan fingerprint density at radius 3 is 1.95 bits per heavy atom. The van der Waals surface area contributed by atoms with Crippen LogP contribution in [0.2, 0.25) is 0 Å². The normalized spacial score (nSPS) is 11.7. The summed E-state index contributed by atoms with van der Waals surface area (Å²) in [6.07, 6.45) is 5.28. The van der Waals surface area contributed by atoms with Crippen molar-refractivity contribution < 1.29 is 8.42 Å². The van der Waals surface area contributed by atoms with Crippen LogP contribution in [0.4, 0.5) is 5.69 Å².